The quantitative estimate of drug-likeness (QED) is 0.218. The Labute approximate surface area is 234 Å². The van der Waals surface area contributed by atoms with E-state index in [4.69, 9.17) is 14.2 Å². The molecule has 0 radical (unpaired) electrons. The summed E-state index contributed by atoms with van der Waals surface area (Å²) in [4.78, 5) is 40.7. The Hall–Kier alpha value is -4.54. The first-order valence-electron chi connectivity index (χ1n) is 13.5. The molecule has 1 aromatic heterocycles. The van der Waals surface area contributed by atoms with Gasteiger partial charge in [-0.05, 0) is 43.9 Å². The molecule has 0 unspecified atom stereocenters. The highest BCUT2D eigenvalue weighted by Crippen LogP contribution is 2.36. The number of nitrogens with one attached hydrogen (secondary N) is 1. The van der Waals surface area contributed by atoms with Crippen LogP contribution in [0.15, 0.2) is 71.7 Å². The highest BCUT2D eigenvalue weighted by Gasteiger charge is 2.36. The number of ether oxygens (including phenoxy) is 3. The first kappa shape index (κ1) is 26.7. The molecule has 0 saturated carbocycles. The predicted molar refractivity (Wildman–Crippen MR) is 153 cm³/mol. The fourth-order valence-electron chi connectivity index (χ4n) is 5.26. The second kappa shape index (κ2) is 10.8. The maximum Gasteiger partial charge on any atom is 0.508 e. The van der Waals surface area contributed by atoms with Crippen LogP contribution in [0.25, 0.3) is 32.3 Å². The van der Waals surface area contributed by atoms with Crippen molar-refractivity contribution in [1.29, 1.82) is 0 Å². The van der Waals surface area contributed by atoms with Gasteiger partial charge in [-0.2, -0.15) is 4.98 Å². The van der Waals surface area contributed by atoms with Crippen molar-refractivity contribution >= 4 is 50.2 Å². The van der Waals surface area contributed by atoms with Crippen LogP contribution < -0.4 is 11.0 Å². The normalized spacial score (nSPS) is 18.9. The van der Waals surface area contributed by atoms with Crippen molar-refractivity contribution in [2.75, 3.05) is 11.9 Å². The molecular formula is C31H29N3O7. The molecule has 5 aromatic rings. The first-order valence-corrected chi connectivity index (χ1v) is 13.5. The molecule has 41 heavy (non-hydrogen) atoms. The minimum Gasteiger partial charge on any atom is -0.431 e. The summed E-state index contributed by atoms with van der Waals surface area (Å²) in [6.45, 7) is 3.23. The van der Waals surface area contributed by atoms with Gasteiger partial charge in [0.1, 0.15) is 31.4 Å². The van der Waals surface area contributed by atoms with Crippen LogP contribution >= 0.6 is 0 Å². The zero-order valence-corrected chi connectivity index (χ0v) is 22.6. The van der Waals surface area contributed by atoms with Crippen molar-refractivity contribution in [2.24, 2.45) is 5.92 Å². The van der Waals surface area contributed by atoms with Gasteiger partial charge in [0.25, 0.3) is 0 Å². The standard InChI is InChI=1S/C31H29N3O7/c1-17(2)29(36)32-25-12-13-34(30(37)33-25)26-14-23(35)24(41-26)16-40-31(38)39-15-21-9-8-20-7-6-18-4-3-5-19-10-11-22(21)28(20)27(18)19/h3-13,17,23-24,26,35H,14-16H2,1-2H3,(H,32,33,36,37)/t23-,24+,26+/m0/s1. The van der Waals surface area contributed by atoms with Crippen LogP contribution in [0, 0.1) is 5.92 Å². The highest BCUT2D eigenvalue weighted by molar-refractivity contribution is 6.23. The van der Waals surface area contributed by atoms with Gasteiger partial charge >= 0.3 is 11.8 Å². The van der Waals surface area contributed by atoms with E-state index in [0.717, 1.165) is 32.5 Å². The Kier molecular flexibility index (Phi) is 7.02. The predicted octanol–water partition coefficient (Wildman–Crippen LogP) is 4.74. The molecular weight excluding hydrogens is 526 g/mol. The van der Waals surface area contributed by atoms with Gasteiger partial charge in [-0.25, -0.2) is 9.59 Å². The summed E-state index contributed by atoms with van der Waals surface area (Å²) in [7, 11) is 0. The Morgan fingerprint density at radius 2 is 1.73 bits per heavy atom. The van der Waals surface area contributed by atoms with Crippen molar-refractivity contribution < 1.29 is 28.9 Å². The first-order chi connectivity index (χ1) is 19.8. The van der Waals surface area contributed by atoms with Crippen LogP contribution in [0.3, 0.4) is 0 Å². The highest BCUT2D eigenvalue weighted by atomic mass is 16.7. The molecule has 1 amide bonds. The van der Waals surface area contributed by atoms with E-state index in [1.165, 1.54) is 22.2 Å². The molecule has 210 valence electrons. The van der Waals surface area contributed by atoms with Gasteiger partial charge in [-0.15, -0.1) is 0 Å². The number of carbonyl (C=O) groups excluding carboxylic acids is 2. The maximum absolute atomic E-state index is 12.5. The lowest BCUT2D eigenvalue weighted by atomic mass is 9.92. The van der Waals surface area contributed by atoms with Crippen LogP contribution in [0.4, 0.5) is 10.6 Å². The Balaban J connectivity index is 1.07. The number of hydrogen-bond acceptors (Lipinski definition) is 8. The summed E-state index contributed by atoms with van der Waals surface area (Å²) in [6.07, 6.45) is -1.98. The smallest absolute Gasteiger partial charge is 0.431 e. The van der Waals surface area contributed by atoms with Crippen molar-refractivity contribution in [3.8, 4) is 0 Å². The van der Waals surface area contributed by atoms with Crippen LogP contribution in [0.1, 0.15) is 32.1 Å². The second-order valence-corrected chi connectivity index (χ2v) is 10.5. The average Bonchev–Trinajstić information content (AvgIpc) is 3.33. The summed E-state index contributed by atoms with van der Waals surface area (Å²) in [5, 5.41) is 19.8. The van der Waals surface area contributed by atoms with E-state index in [1.807, 2.05) is 24.3 Å². The van der Waals surface area contributed by atoms with E-state index < -0.39 is 30.3 Å². The van der Waals surface area contributed by atoms with Crippen molar-refractivity contribution in [2.45, 2.75) is 45.3 Å². The van der Waals surface area contributed by atoms with Crippen molar-refractivity contribution in [1.82, 2.24) is 9.55 Å². The Morgan fingerprint density at radius 1 is 1.02 bits per heavy atom. The van der Waals surface area contributed by atoms with E-state index in [2.05, 4.69) is 40.6 Å². The van der Waals surface area contributed by atoms with Gasteiger partial charge in [-0.3, -0.25) is 9.36 Å². The molecule has 2 N–H and O–H groups in total. The molecule has 6 rings (SSSR count). The van der Waals surface area contributed by atoms with E-state index in [9.17, 15) is 19.5 Å². The number of carbonyl (C=O) groups is 2. The third kappa shape index (κ3) is 5.19. The topological polar surface area (TPSA) is 129 Å². The van der Waals surface area contributed by atoms with Gasteiger partial charge in [0.05, 0.1) is 6.10 Å². The summed E-state index contributed by atoms with van der Waals surface area (Å²) in [5.41, 5.74) is 0.211. The van der Waals surface area contributed by atoms with Gasteiger partial charge < -0.3 is 24.6 Å². The molecule has 0 bridgehead atoms. The molecule has 1 fully saturated rings. The lowest BCUT2D eigenvalue weighted by Gasteiger charge is -2.17. The van der Waals surface area contributed by atoms with Gasteiger partial charge in [0.15, 0.2) is 0 Å². The van der Waals surface area contributed by atoms with Crippen LogP contribution in [0.5, 0.6) is 0 Å². The lowest BCUT2D eigenvalue weighted by Crippen LogP contribution is -2.30. The number of aliphatic hydroxyl groups is 1. The fourth-order valence-corrected chi connectivity index (χ4v) is 5.26. The number of aliphatic hydroxyl groups excluding tert-OH is 1. The number of aromatic nitrogens is 2. The summed E-state index contributed by atoms with van der Waals surface area (Å²) >= 11 is 0. The van der Waals surface area contributed by atoms with Crippen LogP contribution in [0.2, 0.25) is 0 Å². The minimum atomic E-state index is -0.974. The summed E-state index contributed by atoms with van der Waals surface area (Å²) in [6, 6.07) is 20.0. The zero-order valence-electron chi connectivity index (χ0n) is 22.6. The zero-order chi connectivity index (χ0) is 28.7. The molecule has 10 heteroatoms. The monoisotopic (exact) mass is 555 g/mol. The molecule has 0 aliphatic carbocycles. The van der Waals surface area contributed by atoms with E-state index in [0.29, 0.717) is 0 Å². The Bertz CT molecular complexity index is 1800. The fraction of sp³-hybridized carbons (Fsp3) is 0.290. The van der Waals surface area contributed by atoms with Gasteiger partial charge in [0.2, 0.25) is 5.91 Å². The maximum atomic E-state index is 12.5. The summed E-state index contributed by atoms with van der Waals surface area (Å²) in [5.74, 6) is -0.387. The number of amides is 1. The number of hydrogen-bond donors (Lipinski definition) is 2. The number of nitrogens with zero attached hydrogens (tertiary/aromatic N) is 2. The van der Waals surface area contributed by atoms with Gasteiger partial charge in [0, 0.05) is 18.5 Å². The molecule has 3 atom stereocenters. The molecule has 4 aromatic carbocycles. The molecule has 2 heterocycles. The molecule has 1 saturated heterocycles. The number of rotatable bonds is 7. The van der Waals surface area contributed by atoms with Crippen molar-refractivity contribution in [3.63, 3.8) is 0 Å². The largest absolute Gasteiger partial charge is 0.508 e. The van der Waals surface area contributed by atoms with E-state index in [-0.39, 0.29) is 37.3 Å². The second-order valence-electron chi connectivity index (χ2n) is 10.5. The van der Waals surface area contributed by atoms with E-state index in [1.54, 1.807) is 13.8 Å². The molecule has 10 nitrogen and oxygen atoms in total. The average molecular weight is 556 g/mol. The lowest BCUT2D eigenvalue weighted by molar-refractivity contribution is -0.118. The van der Waals surface area contributed by atoms with Crippen LogP contribution in [-0.2, 0) is 25.6 Å². The number of benzene rings is 4. The third-order valence-electron chi connectivity index (χ3n) is 7.45. The van der Waals surface area contributed by atoms with Crippen LogP contribution in [-0.4, -0.2) is 45.5 Å². The molecule has 1 aliphatic rings. The van der Waals surface area contributed by atoms with E-state index >= 15 is 0 Å². The van der Waals surface area contributed by atoms with Gasteiger partial charge in [-0.1, -0.05) is 68.4 Å². The molecule has 0 spiro atoms. The van der Waals surface area contributed by atoms with Crippen molar-refractivity contribution in [3.05, 3.63) is 82.9 Å². The minimum absolute atomic E-state index is 0.0183. The number of anilines is 1. The molecule has 1 aliphatic heterocycles. The SMILES string of the molecule is CC(C)C(=O)Nc1ccn([C@H]2C[C@H](O)[C@@H](COC(=O)OCc3ccc4ccc5cccc6ccc3c4c56)O2)c(=O)n1. The third-order valence-corrected chi connectivity index (χ3v) is 7.45. The Morgan fingerprint density at radius 3 is 2.46 bits per heavy atom. The summed E-state index contributed by atoms with van der Waals surface area (Å²) < 4.78 is 17.7.